The van der Waals surface area contributed by atoms with E-state index in [1.54, 1.807) is 12.1 Å². The second-order valence-electron chi connectivity index (χ2n) is 5.98. The number of halogens is 4. The van der Waals surface area contributed by atoms with Gasteiger partial charge in [0.15, 0.2) is 0 Å². The van der Waals surface area contributed by atoms with E-state index in [0.29, 0.717) is 5.76 Å². The molecule has 0 unspecified atom stereocenters. The summed E-state index contributed by atoms with van der Waals surface area (Å²) in [6.07, 6.45) is -3.00. The van der Waals surface area contributed by atoms with Crippen LogP contribution in [0.3, 0.4) is 0 Å². The van der Waals surface area contributed by atoms with E-state index in [2.05, 4.69) is 10.6 Å². The third-order valence-corrected chi connectivity index (χ3v) is 4.32. The molecule has 146 valence electrons. The van der Waals surface area contributed by atoms with Crippen LogP contribution in [0.2, 0.25) is 5.02 Å². The van der Waals surface area contributed by atoms with Gasteiger partial charge in [-0.2, -0.15) is 13.2 Å². The molecule has 3 aromatic rings. The van der Waals surface area contributed by atoms with Crippen molar-refractivity contribution in [2.24, 2.45) is 0 Å². The zero-order valence-corrected chi connectivity index (χ0v) is 15.2. The van der Waals surface area contributed by atoms with E-state index in [1.165, 1.54) is 6.26 Å². The Hall–Kier alpha value is -2.77. The van der Waals surface area contributed by atoms with Crippen molar-refractivity contribution < 1.29 is 22.4 Å². The summed E-state index contributed by atoms with van der Waals surface area (Å²) in [6.45, 7) is -0.160. The normalized spacial score (nSPS) is 12.6. The first kappa shape index (κ1) is 20.0. The van der Waals surface area contributed by atoms with Gasteiger partial charge in [-0.15, -0.1) is 0 Å². The quantitative estimate of drug-likeness (QED) is 0.584. The summed E-state index contributed by atoms with van der Waals surface area (Å²) in [7, 11) is 0. The van der Waals surface area contributed by atoms with Crippen LogP contribution in [0, 0.1) is 0 Å². The molecule has 1 aromatic heterocycles. The first-order valence-corrected chi connectivity index (χ1v) is 8.71. The number of amides is 1. The Balaban J connectivity index is 1.71. The molecule has 1 amide bonds. The van der Waals surface area contributed by atoms with E-state index in [1.807, 2.05) is 30.3 Å². The fourth-order valence-electron chi connectivity index (χ4n) is 2.67. The number of hydrogen-bond donors (Lipinski definition) is 2. The maximum Gasteiger partial charge on any atom is 0.416 e. The third kappa shape index (κ3) is 4.94. The summed E-state index contributed by atoms with van der Waals surface area (Å²) in [5.74, 6) is 0.0739. The Morgan fingerprint density at radius 2 is 1.82 bits per heavy atom. The van der Waals surface area contributed by atoms with Crippen molar-refractivity contribution in [3.8, 4) is 0 Å². The monoisotopic (exact) mass is 408 g/mol. The van der Waals surface area contributed by atoms with Gasteiger partial charge in [0.1, 0.15) is 5.76 Å². The number of hydrogen-bond acceptors (Lipinski definition) is 3. The maximum absolute atomic E-state index is 12.9. The maximum atomic E-state index is 12.9. The summed E-state index contributed by atoms with van der Waals surface area (Å²) in [5.41, 5.74) is -0.113. The average molecular weight is 409 g/mol. The van der Waals surface area contributed by atoms with Gasteiger partial charge >= 0.3 is 6.18 Å². The highest BCUT2D eigenvalue weighted by Gasteiger charge is 2.31. The van der Waals surface area contributed by atoms with Gasteiger partial charge in [-0.1, -0.05) is 41.9 Å². The van der Waals surface area contributed by atoms with Crippen LogP contribution in [0.4, 0.5) is 18.9 Å². The minimum atomic E-state index is -4.53. The lowest BCUT2D eigenvalue weighted by atomic mass is 10.0. The standard InChI is InChI=1S/C20H16ClF3N2O2/c21-15-9-8-14(20(22,23)24)11-16(15)26-18(27)12-25-19(17-7-4-10-28-17)13-5-2-1-3-6-13/h1-11,19,25H,12H2,(H,26,27)/t19-/m1/s1. The highest BCUT2D eigenvalue weighted by Crippen LogP contribution is 2.33. The molecule has 1 atom stereocenters. The van der Waals surface area contributed by atoms with E-state index in [-0.39, 0.29) is 23.3 Å². The van der Waals surface area contributed by atoms with E-state index in [4.69, 9.17) is 16.0 Å². The molecule has 0 aliphatic carbocycles. The molecule has 0 spiro atoms. The lowest BCUT2D eigenvalue weighted by molar-refractivity contribution is -0.137. The van der Waals surface area contributed by atoms with Crippen molar-refractivity contribution in [2.45, 2.75) is 12.2 Å². The second-order valence-corrected chi connectivity index (χ2v) is 6.39. The minimum Gasteiger partial charge on any atom is -0.467 e. The van der Waals surface area contributed by atoms with Gasteiger partial charge < -0.3 is 9.73 Å². The van der Waals surface area contributed by atoms with Crippen LogP contribution >= 0.6 is 11.6 Å². The van der Waals surface area contributed by atoms with Gasteiger partial charge in [0.2, 0.25) is 5.91 Å². The Bertz CT molecular complexity index is 928. The summed E-state index contributed by atoms with van der Waals surface area (Å²) >= 11 is 5.91. The van der Waals surface area contributed by atoms with Gasteiger partial charge in [0.05, 0.1) is 35.1 Å². The smallest absolute Gasteiger partial charge is 0.416 e. The highest BCUT2D eigenvalue weighted by atomic mass is 35.5. The lowest BCUT2D eigenvalue weighted by Gasteiger charge is -2.17. The highest BCUT2D eigenvalue weighted by molar-refractivity contribution is 6.33. The van der Waals surface area contributed by atoms with Crippen LogP contribution in [-0.2, 0) is 11.0 Å². The van der Waals surface area contributed by atoms with Crippen molar-refractivity contribution in [3.05, 3.63) is 88.8 Å². The van der Waals surface area contributed by atoms with Crippen molar-refractivity contribution in [1.29, 1.82) is 0 Å². The molecular formula is C20H16ClF3N2O2. The number of benzene rings is 2. The molecule has 28 heavy (non-hydrogen) atoms. The molecule has 0 saturated carbocycles. The number of alkyl halides is 3. The Kier molecular flexibility index (Phi) is 6.06. The molecular weight excluding hydrogens is 393 g/mol. The van der Waals surface area contributed by atoms with Crippen LogP contribution in [0.25, 0.3) is 0 Å². The predicted molar refractivity (Wildman–Crippen MR) is 100 cm³/mol. The van der Waals surface area contributed by atoms with Gasteiger partial charge in [-0.25, -0.2) is 0 Å². The zero-order valence-electron chi connectivity index (χ0n) is 14.5. The topological polar surface area (TPSA) is 54.3 Å². The number of carbonyl (C=O) groups is 1. The van der Waals surface area contributed by atoms with E-state index in [9.17, 15) is 18.0 Å². The van der Waals surface area contributed by atoms with E-state index in [0.717, 1.165) is 23.8 Å². The minimum absolute atomic E-state index is 0.0204. The van der Waals surface area contributed by atoms with Crippen LogP contribution in [0.1, 0.15) is 22.9 Å². The number of anilines is 1. The molecule has 0 fully saturated rings. The van der Waals surface area contributed by atoms with Crippen molar-refractivity contribution >= 4 is 23.2 Å². The fraction of sp³-hybridized carbons (Fsp3) is 0.150. The van der Waals surface area contributed by atoms with Gasteiger partial charge in [-0.3, -0.25) is 10.1 Å². The summed E-state index contributed by atoms with van der Waals surface area (Å²) in [6, 6.07) is 15.2. The van der Waals surface area contributed by atoms with Crippen LogP contribution in [-0.4, -0.2) is 12.5 Å². The number of rotatable bonds is 6. The Morgan fingerprint density at radius 3 is 2.46 bits per heavy atom. The molecule has 0 radical (unpaired) electrons. The van der Waals surface area contributed by atoms with Crippen LogP contribution in [0.5, 0.6) is 0 Å². The zero-order chi connectivity index (χ0) is 20.1. The number of carbonyl (C=O) groups excluding carboxylic acids is 1. The van der Waals surface area contributed by atoms with Gasteiger partial charge in [0.25, 0.3) is 0 Å². The SMILES string of the molecule is O=C(CN[C@H](c1ccccc1)c1ccco1)Nc1cc(C(F)(F)F)ccc1Cl. The molecule has 3 rings (SSSR count). The molecule has 0 bridgehead atoms. The Labute approximate surface area is 164 Å². The third-order valence-electron chi connectivity index (χ3n) is 4.00. The second kappa shape index (κ2) is 8.50. The van der Waals surface area contributed by atoms with Crippen molar-refractivity contribution in [3.63, 3.8) is 0 Å². The van der Waals surface area contributed by atoms with Crippen LogP contribution < -0.4 is 10.6 Å². The van der Waals surface area contributed by atoms with Crippen molar-refractivity contribution in [2.75, 3.05) is 11.9 Å². The summed E-state index contributed by atoms with van der Waals surface area (Å²) < 4.78 is 44.0. The molecule has 1 heterocycles. The number of furan rings is 1. The first-order valence-electron chi connectivity index (χ1n) is 8.33. The van der Waals surface area contributed by atoms with Crippen LogP contribution in [0.15, 0.2) is 71.3 Å². The van der Waals surface area contributed by atoms with Gasteiger partial charge in [0, 0.05) is 0 Å². The molecule has 0 saturated heterocycles. The molecule has 0 aliphatic rings. The molecule has 4 nitrogen and oxygen atoms in total. The molecule has 2 aromatic carbocycles. The number of nitrogens with one attached hydrogen (secondary N) is 2. The lowest BCUT2D eigenvalue weighted by Crippen LogP contribution is -2.31. The fourth-order valence-corrected chi connectivity index (χ4v) is 2.84. The summed E-state index contributed by atoms with van der Waals surface area (Å²) in [5, 5.41) is 5.48. The van der Waals surface area contributed by atoms with Gasteiger partial charge in [-0.05, 0) is 35.9 Å². The largest absolute Gasteiger partial charge is 0.467 e. The molecule has 2 N–H and O–H groups in total. The Morgan fingerprint density at radius 1 is 1.07 bits per heavy atom. The summed E-state index contributed by atoms with van der Waals surface area (Å²) in [4.78, 5) is 12.3. The molecule has 8 heteroatoms. The predicted octanol–water partition coefficient (Wildman–Crippen LogP) is 5.27. The van der Waals surface area contributed by atoms with Crippen molar-refractivity contribution in [1.82, 2.24) is 5.32 Å². The average Bonchev–Trinajstić information content (AvgIpc) is 3.18. The molecule has 0 aliphatic heterocycles. The van der Waals surface area contributed by atoms with E-state index < -0.39 is 17.6 Å². The van der Waals surface area contributed by atoms with E-state index >= 15 is 0 Å². The first-order chi connectivity index (χ1) is 13.3.